The molecule has 6 N–H and O–H groups in total. The summed E-state index contributed by atoms with van der Waals surface area (Å²) >= 11 is 0. The maximum Gasteiger partial charge on any atom is 0.329 e. The Kier molecular flexibility index (Phi) is 4.16. The summed E-state index contributed by atoms with van der Waals surface area (Å²) in [4.78, 5) is 35.5. The summed E-state index contributed by atoms with van der Waals surface area (Å²) in [6.45, 7) is 0. The SMILES string of the molecule is N[C@@H](Cc1ccc(O)cc1)C(=O)N[C@@]1(C(=O)O)CC[C@H]2[C@H](C(=O)O)[C@H]21. The van der Waals surface area contributed by atoms with Crippen LogP contribution in [-0.2, 0) is 20.8 Å². The van der Waals surface area contributed by atoms with Crippen molar-refractivity contribution in [2.75, 3.05) is 0 Å². The highest BCUT2D eigenvalue weighted by Crippen LogP contribution is 2.62. The molecule has 0 aromatic heterocycles. The van der Waals surface area contributed by atoms with Crippen LogP contribution in [0.5, 0.6) is 5.75 Å². The first kappa shape index (κ1) is 17.2. The van der Waals surface area contributed by atoms with Crippen LogP contribution in [-0.4, -0.2) is 44.7 Å². The zero-order valence-electron chi connectivity index (χ0n) is 13.4. The topological polar surface area (TPSA) is 150 Å². The molecule has 0 saturated heterocycles. The number of nitrogens with two attached hydrogens (primary N) is 1. The number of phenols is 1. The van der Waals surface area contributed by atoms with E-state index in [4.69, 9.17) is 5.73 Å². The average Bonchev–Trinajstić information content (AvgIpc) is 3.18. The van der Waals surface area contributed by atoms with Crippen LogP contribution in [0.2, 0.25) is 0 Å². The van der Waals surface area contributed by atoms with Crippen LogP contribution in [0.1, 0.15) is 18.4 Å². The minimum Gasteiger partial charge on any atom is -0.508 e. The maximum absolute atomic E-state index is 12.4. The van der Waals surface area contributed by atoms with Gasteiger partial charge in [-0.1, -0.05) is 12.1 Å². The highest BCUT2D eigenvalue weighted by molar-refractivity contribution is 5.92. The van der Waals surface area contributed by atoms with Gasteiger partial charge in [0.05, 0.1) is 12.0 Å². The van der Waals surface area contributed by atoms with Gasteiger partial charge < -0.3 is 26.4 Å². The van der Waals surface area contributed by atoms with E-state index >= 15 is 0 Å². The Morgan fingerprint density at radius 3 is 2.40 bits per heavy atom. The van der Waals surface area contributed by atoms with Gasteiger partial charge >= 0.3 is 11.9 Å². The molecule has 0 bridgehead atoms. The lowest BCUT2D eigenvalue weighted by molar-refractivity contribution is -0.150. The number of carboxylic acid groups (broad SMARTS) is 2. The van der Waals surface area contributed by atoms with Gasteiger partial charge in [-0.2, -0.15) is 0 Å². The van der Waals surface area contributed by atoms with E-state index in [9.17, 15) is 29.7 Å². The molecule has 0 aliphatic heterocycles. The summed E-state index contributed by atoms with van der Waals surface area (Å²) in [6, 6.07) is 5.23. The van der Waals surface area contributed by atoms with Crippen molar-refractivity contribution < 1.29 is 29.7 Å². The monoisotopic (exact) mass is 348 g/mol. The van der Waals surface area contributed by atoms with Crippen molar-refractivity contribution in [1.82, 2.24) is 5.32 Å². The zero-order valence-corrected chi connectivity index (χ0v) is 13.4. The lowest BCUT2D eigenvalue weighted by Gasteiger charge is -2.29. The van der Waals surface area contributed by atoms with Gasteiger partial charge in [-0.15, -0.1) is 0 Å². The van der Waals surface area contributed by atoms with Crippen molar-refractivity contribution in [3.8, 4) is 5.75 Å². The summed E-state index contributed by atoms with van der Waals surface area (Å²) in [5.41, 5.74) is 5.06. The molecule has 8 nitrogen and oxygen atoms in total. The Labute approximate surface area is 143 Å². The molecule has 2 fully saturated rings. The minimum absolute atomic E-state index is 0.0945. The third-order valence-corrected chi connectivity index (χ3v) is 5.35. The standard InChI is InChI=1S/C17H20N2O6/c18-11(7-8-1-3-9(20)4-2-8)14(21)19-17(16(24)25)6-5-10-12(13(10)17)15(22)23/h1-4,10-13,20H,5-7,18H2,(H,19,21)(H,22,23)(H,24,25)/t10-,11-,12-,13-,17-/m0/s1. The number of carbonyl (C=O) groups excluding carboxylic acids is 1. The highest BCUT2D eigenvalue weighted by atomic mass is 16.4. The van der Waals surface area contributed by atoms with Crippen LogP contribution < -0.4 is 11.1 Å². The number of carboxylic acids is 2. The predicted octanol–water partition coefficient (Wildman–Crippen LogP) is -0.0578. The van der Waals surface area contributed by atoms with Crippen molar-refractivity contribution >= 4 is 17.8 Å². The van der Waals surface area contributed by atoms with Crippen molar-refractivity contribution in [1.29, 1.82) is 0 Å². The smallest absolute Gasteiger partial charge is 0.329 e. The summed E-state index contributed by atoms with van der Waals surface area (Å²) in [5.74, 6) is -4.28. The van der Waals surface area contributed by atoms with Gasteiger partial charge in [0.15, 0.2) is 0 Å². The lowest BCUT2D eigenvalue weighted by atomic mass is 9.89. The first-order valence-electron chi connectivity index (χ1n) is 8.08. The number of amides is 1. The van der Waals surface area contributed by atoms with Gasteiger partial charge in [0, 0.05) is 5.92 Å². The first-order valence-corrected chi connectivity index (χ1v) is 8.08. The van der Waals surface area contributed by atoms with Crippen molar-refractivity contribution in [3.05, 3.63) is 29.8 Å². The number of aromatic hydroxyl groups is 1. The number of fused-ring (bicyclic) bond motifs is 1. The number of carbonyl (C=O) groups is 3. The van der Waals surface area contributed by atoms with Gasteiger partial charge in [0.1, 0.15) is 11.3 Å². The quantitative estimate of drug-likeness (QED) is 0.483. The fraction of sp³-hybridized carbons (Fsp3) is 0.471. The lowest BCUT2D eigenvalue weighted by Crippen LogP contribution is -2.59. The fourth-order valence-corrected chi connectivity index (χ4v) is 4.04. The molecule has 2 saturated carbocycles. The Bertz CT molecular complexity index is 718. The van der Waals surface area contributed by atoms with Crippen molar-refractivity contribution in [2.45, 2.75) is 30.8 Å². The van der Waals surface area contributed by atoms with E-state index in [1.807, 2.05) is 0 Å². The van der Waals surface area contributed by atoms with E-state index in [2.05, 4.69) is 5.32 Å². The van der Waals surface area contributed by atoms with Gasteiger partial charge in [0.2, 0.25) is 5.91 Å². The molecule has 3 rings (SSSR count). The van der Waals surface area contributed by atoms with Crippen LogP contribution in [0.15, 0.2) is 24.3 Å². The molecule has 25 heavy (non-hydrogen) atoms. The number of aliphatic carboxylic acids is 2. The number of hydrogen-bond acceptors (Lipinski definition) is 5. The molecular weight excluding hydrogens is 328 g/mol. The van der Waals surface area contributed by atoms with Gasteiger partial charge in [-0.05, 0) is 42.9 Å². The normalized spacial score (nSPS) is 31.0. The average molecular weight is 348 g/mol. The summed E-state index contributed by atoms with van der Waals surface area (Å²) in [7, 11) is 0. The number of benzene rings is 1. The first-order chi connectivity index (χ1) is 11.8. The minimum atomic E-state index is -1.56. The van der Waals surface area contributed by atoms with Crippen LogP contribution in [0, 0.1) is 17.8 Å². The molecular formula is C17H20N2O6. The third kappa shape index (κ3) is 2.93. The molecule has 1 aromatic carbocycles. The number of phenolic OH excluding ortho intramolecular Hbond substituents is 1. The van der Waals surface area contributed by atoms with E-state index in [-0.39, 0.29) is 24.5 Å². The predicted molar refractivity (Wildman–Crippen MR) is 85.6 cm³/mol. The number of nitrogens with one attached hydrogen (secondary N) is 1. The summed E-state index contributed by atoms with van der Waals surface area (Å²) in [6.07, 6.45) is 0.846. The molecule has 0 unspecified atom stereocenters. The highest BCUT2D eigenvalue weighted by Gasteiger charge is 2.72. The Morgan fingerprint density at radius 1 is 1.24 bits per heavy atom. The molecule has 134 valence electrons. The molecule has 0 heterocycles. The number of rotatable bonds is 6. The summed E-state index contributed by atoms with van der Waals surface area (Å²) < 4.78 is 0. The van der Waals surface area contributed by atoms with Crippen molar-refractivity contribution in [2.24, 2.45) is 23.5 Å². The van der Waals surface area contributed by atoms with Crippen LogP contribution in [0.4, 0.5) is 0 Å². The van der Waals surface area contributed by atoms with E-state index in [0.717, 1.165) is 5.56 Å². The van der Waals surface area contributed by atoms with Gasteiger partial charge in [-0.3, -0.25) is 9.59 Å². The fourth-order valence-electron chi connectivity index (χ4n) is 4.04. The van der Waals surface area contributed by atoms with Crippen LogP contribution in [0.3, 0.4) is 0 Å². The number of hydrogen-bond donors (Lipinski definition) is 5. The molecule has 0 radical (unpaired) electrons. The van der Waals surface area contributed by atoms with Gasteiger partial charge in [0.25, 0.3) is 0 Å². The second kappa shape index (κ2) is 6.03. The molecule has 0 spiro atoms. The molecule has 2 aliphatic carbocycles. The Balaban J connectivity index is 1.70. The van der Waals surface area contributed by atoms with Crippen LogP contribution in [0.25, 0.3) is 0 Å². The van der Waals surface area contributed by atoms with E-state index in [1.54, 1.807) is 12.1 Å². The van der Waals surface area contributed by atoms with Gasteiger partial charge in [-0.25, -0.2) is 4.79 Å². The van der Waals surface area contributed by atoms with Crippen molar-refractivity contribution in [3.63, 3.8) is 0 Å². The molecule has 1 amide bonds. The summed E-state index contributed by atoms with van der Waals surface area (Å²) in [5, 5.41) is 30.6. The van der Waals surface area contributed by atoms with E-state index in [1.165, 1.54) is 12.1 Å². The van der Waals surface area contributed by atoms with E-state index in [0.29, 0.717) is 6.42 Å². The Morgan fingerprint density at radius 2 is 1.88 bits per heavy atom. The zero-order chi connectivity index (χ0) is 18.4. The third-order valence-electron chi connectivity index (χ3n) is 5.35. The largest absolute Gasteiger partial charge is 0.508 e. The van der Waals surface area contributed by atoms with E-state index < -0.39 is 41.3 Å². The second-order valence-corrected chi connectivity index (χ2v) is 6.84. The Hall–Kier alpha value is -2.61. The molecule has 5 atom stereocenters. The molecule has 1 aromatic rings. The molecule has 8 heteroatoms. The second-order valence-electron chi connectivity index (χ2n) is 6.84. The van der Waals surface area contributed by atoms with Crippen LogP contribution >= 0.6 is 0 Å². The molecule has 2 aliphatic rings. The maximum atomic E-state index is 12.4.